The predicted octanol–water partition coefficient (Wildman–Crippen LogP) is 3.05. The van der Waals surface area contributed by atoms with Crippen LogP contribution in [0.4, 0.5) is 0 Å². The Balaban J connectivity index is 1.76. The molecule has 1 aliphatic heterocycles. The molecule has 3 heteroatoms. The van der Waals surface area contributed by atoms with Crippen molar-refractivity contribution in [3.63, 3.8) is 0 Å². The molecule has 0 aromatic heterocycles. The Bertz CT molecular complexity index is 348. The number of amidine groups is 1. The van der Waals surface area contributed by atoms with Crippen molar-refractivity contribution in [1.29, 1.82) is 0 Å². The molecule has 0 spiro atoms. The zero-order chi connectivity index (χ0) is 11.2. The van der Waals surface area contributed by atoms with Gasteiger partial charge in [0, 0.05) is 11.8 Å². The number of thioether (sulfide) groups is 1. The average molecular weight is 234 g/mol. The lowest BCUT2D eigenvalue weighted by molar-refractivity contribution is 0.753. The van der Waals surface area contributed by atoms with Crippen LogP contribution in [0.5, 0.6) is 0 Å². The van der Waals surface area contributed by atoms with Crippen LogP contribution in [0.3, 0.4) is 0 Å². The maximum Gasteiger partial charge on any atom is 0.157 e. The van der Waals surface area contributed by atoms with Gasteiger partial charge in [-0.15, -0.1) is 0 Å². The van der Waals surface area contributed by atoms with Crippen LogP contribution in [0.15, 0.2) is 35.3 Å². The monoisotopic (exact) mass is 234 g/mol. The van der Waals surface area contributed by atoms with Crippen molar-refractivity contribution in [2.75, 3.05) is 6.54 Å². The fourth-order valence-electron chi connectivity index (χ4n) is 1.76. The lowest BCUT2D eigenvalue weighted by Gasteiger charge is -2.07. The van der Waals surface area contributed by atoms with Crippen molar-refractivity contribution in [3.8, 4) is 0 Å². The van der Waals surface area contributed by atoms with Crippen molar-refractivity contribution in [2.24, 2.45) is 4.99 Å². The minimum Gasteiger partial charge on any atom is -0.361 e. The van der Waals surface area contributed by atoms with Gasteiger partial charge in [-0.3, -0.25) is 4.99 Å². The summed E-state index contributed by atoms with van der Waals surface area (Å²) in [5.41, 5.74) is 1.31. The Labute approximate surface area is 102 Å². The molecule has 0 aliphatic carbocycles. The fraction of sp³-hybridized carbons (Fsp3) is 0.462. The molecule has 16 heavy (non-hydrogen) atoms. The maximum atomic E-state index is 4.52. The number of hydrogen-bond acceptors (Lipinski definition) is 3. The van der Waals surface area contributed by atoms with E-state index in [-0.39, 0.29) is 0 Å². The molecule has 1 aromatic carbocycles. The molecule has 0 fully saturated rings. The van der Waals surface area contributed by atoms with E-state index in [0.717, 1.165) is 18.3 Å². The van der Waals surface area contributed by atoms with E-state index in [1.807, 2.05) is 17.8 Å². The third-order valence-electron chi connectivity index (χ3n) is 2.61. The highest BCUT2D eigenvalue weighted by Gasteiger charge is 2.17. The summed E-state index contributed by atoms with van der Waals surface area (Å²) in [6, 6.07) is 10.5. The zero-order valence-corrected chi connectivity index (χ0v) is 10.5. The second-order valence-corrected chi connectivity index (χ2v) is 5.30. The molecule has 1 aromatic rings. The zero-order valence-electron chi connectivity index (χ0n) is 9.65. The Morgan fingerprint density at radius 3 is 2.94 bits per heavy atom. The third-order valence-corrected chi connectivity index (χ3v) is 3.83. The molecule has 0 amide bonds. The molecule has 2 rings (SSSR count). The topological polar surface area (TPSA) is 24.4 Å². The summed E-state index contributed by atoms with van der Waals surface area (Å²) in [4.78, 5) is 4.52. The first-order chi connectivity index (χ1) is 7.88. The van der Waals surface area contributed by atoms with Crippen LogP contribution in [-0.4, -0.2) is 17.0 Å². The summed E-state index contributed by atoms with van der Waals surface area (Å²) in [5.74, 6) is 0. The summed E-state index contributed by atoms with van der Waals surface area (Å²) >= 11 is 1.89. The SMILES string of the molecule is CCCC1CN=C(NCc2ccccc2)S1. The van der Waals surface area contributed by atoms with Crippen molar-refractivity contribution in [2.45, 2.75) is 31.6 Å². The quantitative estimate of drug-likeness (QED) is 0.866. The van der Waals surface area contributed by atoms with Gasteiger partial charge in [0.25, 0.3) is 0 Å². The van der Waals surface area contributed by atoms with Crippen LogP contribution in [-0.2, 0) is 6.54 Å². The predicted molar refractivity (Wildman–Crippen MR) is 71.9 cm³/mol. The number of rotatable bonds is 4. The normalized spacial score (nSPS) is 19.6. The second kappa shape index (κ2) is 5.94. The van der Waals surface area contributed by atoms with Gasteiger partial charge in [0.15, 0.2) is 5.17 Å². The van der Waals surface area contributed by atoms with E-state index in [0.29, 0.717) is 5.25 Å². The number of nitrogens with zero attached hydrogens (tertiary/aromatic N) is 1. The molecule has 1 unspecified atom stereocenters. The minimum absolute atomic E-state index is 0.697. The highest BCUT2D eigenvalue weighted by atomic mass is 32.2. The van der Waals surface area contributed by atoms with Gasteiger partial charge in [-0.25, -0.2) is 0 Å². The molecule has 0 bridgehead atoms. The minimum atomic E-state index is 0.697. The van der Waals surface area contributed by atoms with Gasteiger partial charge in [-0.05, 0) is 12.0 Å². The Morgan fingerprint density at radius 1 is 1.38 bits per heavy atom. The standard InChI is InChI=1S/C13H18N2S/c1-2-6-12-10-15-13(16-12)14-9-11-7-4-3-5-8-11/h3-5,7-8,12H,2,6,9-10H2,1H3,(H,14,15). The van der Waals surface area contributed by atoms with Gasteiger partial charge in [0.1, 0.15) is 0 Å². The van der Waals surface area contributed by atoms with Gasteiger partial charge in [0.05, 0.1) is 6.54 Å². The summed E-state index contributed by atoms with van der Waals surface area (Å²) < 4.78 is 0. The Kier molecular flexibility index (Phi) is 4.28. The van der Waals surface area contributed by atoms with E-state index in [4.69, 9.17) is 0 Å². The van der Waals surface area contributed by atoms with E-state index >= 15 is 0 Å². The van der Waals surface area contributed by atoms with Crippen LogP contribution < -0.4 is 5.32 Å². The first-order valence-corrected chi connectivity index (χ1v) is 6.75. The van der Waals surface area contributed by atoms with Crippen LogP contribution in [0, 0.1) is 0 Å². The second-order valence-electron chi connectivity index (χ2n) is 4.01. The van der Waals surface area contributed by atoms with Crippen molar-refractivity contribution in [1.82, 2.24) is 5.32 Å². The van der Waals surface area contributed by atoms with E-state index in [2.05, 4.69) is 41.5 Å². The van der Waals surface area contributed by atoms with E-state index < -0.39 is 0 Å². The number of aliphatic imine (C=N–C) groups is 1. The molecule has 2 nitrogen and oxygen atoms in total. The number of nitrogens with one attached hydrogen (secondary N) is 1. The molecular formula is C13H18N2S. The first kappa shape index (κ1) is 11.5. The van der Waals surface area contributed by atoms with E-state index in [9.17, 15) is 0 Å². The summed E-state index contributed by atoms with van der Waals surface area (Å²) in [5, 5.41) is 5.21. The molecule has 0 saturated heterocycles. The molecule has 1 atom stereocenters. The number of hydrogen-bond donors (Lipinski definition) is 1. The van der Waals surface area contributed by atoms with Crippen molar-refractivity contribution < 1.29 is 0 Å². The lowest BCUT2D eigenvalue weighted by Crippen LogP contribution is -2.18. The van der Waals surface area contributed by atoms with Crippen LogP contribution in [0.1, 0.15) is 25.3 Å². The molecule has 1 heterocycles. The van der Waals surface area contributed by atoms with Gasteiger partial charge in [0.2, 0.25) is 0 Å². The van der Waals surface area contributed by atoms with Gasteiger partial charge >= 0.3 is 0 Å². The Morgan fingerprint density at radius 2 is 2.19 bits per heavy atom. The largest absolute Gasteiger partial charge is 0.361 e. The highest BCUT2D eigenvalue weighted by molar-refractivity contribution is 8.14. The smallest absolute Gasteiger partial charge is 0.157 e. The molecule has 1 aliphatic rings. The van der Waals surface area contributed by atoms with E-state index in [1.54, 1.807) is 0 Å². The summed E-state index contributed by atoms with van der Waals surface area (Å²) in [6.45, 7) is 4.09. The van der Waals surface area contributed by atoms with Gasteiger partial charge in [-0.1, -0.05) is 55.4 Å². The molecule has 1 N–H and O–H groups in total. The third kappa shape index (κ3) is 3.27. The van der Waals surface area contributed by atoms with Crippen LogP contribution >= 0.6 is 11.8 Å². The maximum absolute atomic E-state index is 4.52. The molecule has 0 radical (unpaired) electrons. The highest BCUT2D eigenvalue weighted by Crippen LogP contribution is 2.23. The average Bonchev–Trinajstić information content (AvgIpc) is 2.76. The molecular weight excluding hydrogens is 216 g/mol. The molecule has 0 saturated carbocycles. The number of benzene rings is 1. The van der Waals surface area contributed by atoms with E-state index in [1.165, 1.54) is 18.4 Å². The van der Waals surface area contributed by atoms with Gasteiger partial charge < -0.3 is 5.32 Å². The van der Waals surface area contributed by atoms with Gasteiger partial charge in [-0.2, -0.15) is 0 Å². The summed E-state index contributed by atoms with van der Waals surface area (Å²) in [7, 11) is 0. The molecule has 86 valence electrons. The first-order valence-electron chi connectivity index (χ1n) is 5.87. The lowest BCUT2D eigenvalue weighted by atomic mass is 10.2. The van der Waals surface area contributed by atoms with Crippen LogP contribution in [0.25, 0.3) is 0 Å². The summed E-state index contributed by atoms with van der Waals surface area (Å²) in [6.07, 6.45) is 2.52. The van der Waals surface area contributed by atoms with Crippen molar-refractivity contribution >= 4 is 16.9 Å². The van der Waals surface area contributed by atoms with Crippen molar-refractivity contribution in [3.05, 3.63) is 35.9 Å². The fourth-order valence-corrected chi connectivity index (χ4v) is 2.88. The van der Waals surface area contributed by atoms with Crippen LogP contribution in [0.2, 0.25) is 0 Å². The Hall–Kier alpha value is -0.960.